The first kappa shape index (κ1) is 19.8. The number of anilines is 1. The van der Waals surface area contributed by atoms with E-state index in [0.717, 1.165) is 29.9 Å². The number of carbonyl (C=O) groups excluding carboxylic acids is 1. The Balaban J connectivity index is 2.18. The molecule has 6 heteroatoms. The molecule has 0 saturated heterocycles. The smallest absolute Gasteiger partial charge is 0.327 e. The topological polar surface area (TPSA) is 69.2 Å². The maximum Gasteiger partial charge on any atom is 0.327 e. The molecule has 0 fully saturated rings. The van der Waals surface area contributed by atoms with E-state index in [4.69, 9.17) is 14.2 Å². The van der Waals surface area contributed by atoms with Crippen molar-refractivity contribution in [3.63, 3.8) is 0 Å². The van der Waals surface area contributed by atoms with E-state index in [1.54, 1.807) is 21.1 Å². The summed E-state index contributed by atoms with van der Waals surface area (Å²) in [5, 5.41) is 3.43. The van der Waals surface area contributed by atoms with E-state index in [1.165, 1.54) is 0 Å². The molecule has 2 rings (SSSR count). The second-order valence-corrected chi connectivity index (χ2v) is 6.99. The summed E-state index contributed by atoms with van der Waals surface area (Å²) >= 11 is 0. The molecule has 0 aromatic heterocycles. The van der Waals surface area contributed by atoms with E-state index in [2.05, 4.69) is 24.2 Å². The monoisotopic (exact) mass is 360 g/mol. The second kappa shape index (κ2) is 8.74. The number of nitrogens with one attached hydrogen (secondary N) is 1. The van der Waals surface area contributed by atoms with E-state index in [0.29, 0.717) is 18.1 Å². The number of aliphatic imine (C=N–C) groups is 1. The Morgan fingerprint density at radius 3 is 2.58 bits per heavy atom. The lowest BCUT2D eigenvalue weighted by Gasteiger charge is -2.31. The maximum absolute atomic E-state index is 11.6. The fraction of sp³-hybridized carbons (Fsp3) is 0.500. The van der Waals surface area contributed by atoms with Crippen LogP contribution in [0.25, 0.3) is 0 Å². The fourth-order valence-corrected chi connectivity index (χ4v) is 3.03. The van der Waals surface area contributed by atoms with Crippen molar-refractivity contribution in [2.45, 2.75) is 33.6 Å². The van der Waals surface area contributed by atoms with Crippen LogP contribution in [0.4, 0.5) is 5.69 Å². The molecule has 0 atom stereocenters. The summed E-state index contributed by atoms with van der Waals surface area (Å²) in [5.41, 5.74) is 2.92. The highest BCUT2D eigenvalue weighted by Crippen LogP contribution is 2.36. The Morgan fingerprint density at radius 1 is 1.19 bits per heavy atom. The Morgan fingerprint density at radius 2 is 1.92 bits per heavy atom. The number of methoxy groups -OCH3 is 2. The van der Waals surface area contributed by atoms with Crippen molar-refractivity contribution >= 4 is 17.4 Å². The highest BCUT2D eigenvalue weighted by atomic mass is 16.5. The molecular weight excluding hydrogens is 332 g/mol. The van der Waals surface area contributed by atoms with Crippen LogP contribution in [-0.4, -0.2) is 39.1 Å². The second-order valence-electron chi connectivity index (χ2n) is 6.99. The number of esters is 1. The molecule has 142 valence electrons. The zero-order chi connectivity index (χ0) is 19.2. The van der Waals surface area contributed by atoms with Gasteiger partial charge in [-0.2, -0.15) is 0 Å². The molecule has 0 bridgehead atoms. The van der Waals surface area contributed by atoms with Crippen LogP contribution in [-0.2, 0) is 9.53 Å². The predicted molar refractivity (Wildman–Crippen MR) is 103 cm³/mol. The number of carbonyl (C=O) groups is 1. The third-order valence-corrected chi connectivity index (χ3v) is 4.07. The van der Waals surface area contributed by atoms with Crippen LogP contribution < -0.4 is 14.8 Å². The van der Waals surface area contributed by atoms with Crippen LogP contribution in [0.2, 0.25) is 0 Å². The lowest BCUT2D eigenvalue weighted by atomic mass is 9.78. The minimum atomic E-state index is -0.300. The third kappa shape index (κ3) is 5.51. The van der Waals surface area contributed by atoms with E-state index in [9.17, 15) is 4.79 Å². The standard InChI is InChI=1S/C20H28N2O4/c1-6-26-19(23)13-21-15-9-16(12-20(2,3)11-15)22-14-7-8-17(24-4)18(10-14)25-5/h7-10,22H,6,11-13H2,1-5H3. The van der Waals surface area contributed by atoms with E-state index in [1.807, 2.05) is 24.3 Å². The normalized spacial score (nSPS) is 17.4. The van der Waals surface area contributed by atoms with Gasteiger partial charge in [-0.15, -0.1) is 0 Å². The number of allylic oxidation sites excluding steroid dienone is 2. The lowest BCUT2D eigenvalue weighted by Crippen LogP contribution is -2.25. The van der Waals surface area contributed by atoms with Gasteiger partial charge in [-0.3, -0.25) is 9.79 Å². The average Bonchev–Trinajstić information content (AvgIpc) is 2.58. The molecule has 0 amide bonds. The first-order valence-corrected chi connectivity index (χ1v) is 8.75. The summed E-state index contributed by atoms with van der Waals surface area (Å²) in [5.74, 6) is 1.06. The molecule has 1 aliphatic carbocycles. The van der Waals surface area contributed by atoms with Gasteiger partial charge in [0.2, 0.25) is 0 Å². The van der Waals surface area contributed by atoms with Gasteiger partial charge < -0.3 is 19.5 Å². The Hall–Kier alpha value is -2.50. The van der Waals surface area contributed by atoms with E-state index >= 15 is 0 Å². The van der Waals surface area contributed by atoms with Crippen LogP contribution in [0.3, 0.4) is 0 Å². The predicted octanol–water partition coefficient (Wildman–Crippen LogP) is 3.82. The van der Waals surface area contributed by atoms with Crippen molar-refractivity contribution in [3.8, 4) is 11.5 Å². The van der Waals surface area contributed by atoms with Crippen LogP contribution in [0.15, 0.2) is 35.0 Å². The maximum atomic E-state index is 11.6. The average molecular weight is 360 g/mol. The molecule has 6 nitrogen and oxygen atoms in total. The number of rotatable bonds is 7. The molecular formula is C20H28N2O4. The van der Waals surface area contributed by atoms with Gasteiger partial charge in [0.15, 0.2) is 11.5 Å². The van der Waals surface area contributed by atoms with Crippen LogP contribution in [0.5, 0.6) is 11.5 Å². The summed E-state index contributed by atoms with van der Waals surface area (Å²) in [6.07, 6.45) is 3.73. The number of hydrogen-bond donors (Lipinski definition) is 1. The van der Waals surface area contributed by atoms with Gasteiger partial charge in [0.05, 0.1) is 20.8 Å². The molecule has 0 aliphatic heterocycles. The minimum absolute atomic E-state index is 0.0550. The zero-order valence-corrected chi connectivity index (χ0v) is 16.2. The van der Waals surface area contributed by atoms with Gasteiger partial charge in [0, 0.05) is 23.2 Å². The highest BCUT2D eigenvalue weighted by molar-refractivity contribution is 5.98. The number of hydrogen-bond acceptors (Lipinski definition) is 6. The summed E-state index contributed by atoms with van der Waals surface area (Å²) in [6.45, 7) is 6.60. The van der Waals surface area contributed by atoms with Crippen LogP contribution >= 0.6 is 0 Å². The van der Waals surface area contributed by atoms with E-state index < -0.39 is 0 Å². The Kier molecular flexibility index (Phi) is 6.66. The molecule has 1 N–H and O–H groups in total. The number of nitrogens with zero attached hydrogens (tertiary/aromatic N) is 1. The summed E-state index contributed by atoms with van der Waals surface area (Å²) in [7, 11) is 3.23. The summed E-state index contributed by atoms with van der Waals surface area (Å²) in [6, 6.07) is 5.71. The van der Waals surface area contributed by atoms with E-state index in [-0.39, 0.29) is 17.9 Å². The van der Waals surface area contributed by atoms with Gasteiger partial charge in [-0.05, 0) is 43.4 Å². The summed E-state index contributed by atoms with van der Waals surface area (Å²) < 4.78 is 15.6. The van der Waals surface area contributed by atoms with Gasteiger partial charge in [0.1, 0.15) is 6.54 Å². The van der Waals surface area contributed by atoms with Crippen molar-refractivity contribution in [3.05, 3.63) is 30.0 Å². The van der Waals surface area contributed by atoms with Gasteiger partial charge in [-0.25, -0.2) is 0 Å². The van der Waals surface area contributed by atoms with Crippen molar-refractivity contribution in [1.82, 2.24) is 0 Å². The largest absolute Gasteiger partial charge is 0.493 e. The van der Waals surface area contributed by atoms with Gasteiger partial charge >= 0.3 is 5.97 Å². The molecule has 1 aliphatic rings. The van der Waals surface area contributed by atoms with Crippen molar-refractivity contribution in [2.75, 3.05) is 32.7 Å². The Bertz CT molecular complexity index is 708. The molecule has 0 unspecified atom stereocenters. The fourth-order valence-electron chi connectivity index (χ4n) is 3.03. The molecule has 0 saturated carbocycles. The molecule has 0 radical (unpaired) electrons. The minimum Gasteiger partial charge on any atom is -0.493 e. The van der Waals surface area contributed by atoms with Crippen molar-refractivity contribution in [2.24, 2.45) is 10.4 Å². The zero-order valence-electron chi connectivity index (χ0n) is 16.2. The number of ether oxygens (including phenoxy) is 3. The molecule has 1 aromatic carbocycles. The molecule has 0 heterocycles. The molecule has 1 aromatic rings. The first-order valence-electron chi connectivity index (χ1n) is 8.75. The number of benzene rings is 1. The molecule has 0 spiro atoms. The quantitative estimate of drug-likeness (QED) is 0.749. The lowest BCUT2D eigenvalue weighted by molar-refractivity contribution is -0.141. The SMILES string of the molecule is CCOC(=O)CN=C1C=C(Nc2ccc(OC)c(OC)c2)CC(C)(C)C1. The van der Waals surface area contributed by atoms with Crippen molar-refractivity contribution < 1.29 is 19.0 Å². The summed E-state index contributed by atoms with van der Waals surface area (Å²) in [4.78, 5) is 16.0. The first-order chi connectivity index (χ1) is 12.4. The Labute approximate surface area is 155 Å². The molecule has 26 heavy (non-hydrogen) atoms. The third-order valence-electron chi connectivity index (χ3n) is 4.07. The van der Waals surface area contributed by atoms with Gasteiger partial charge in [-0.1, -0.05) is 13.8 Å². The van der Waals surface area contributed by atoms with Crippen molar-refractivity contribution in [1.29, 1.82) is 0 Å². The van der Waals surface area contributed by atoms with Gasteiger partial charge in [0.25, 0.3) is 0 Å². The highest BCUT2D eigenvalue weighted by Gasteiger charge is 2.26. The van der Waals surface area contributed by atoms with Crippen LogP contribution in [0, 0.1) is 5.41 Å². The van der Waals surface area contributed by atoms with Crippen LogP contribution in [0.1, 0.15) is 33.6 Å².